The topological polar surface area (TPSA) is 32.3 Å². The Bertz CT molecular complexity index is 644. The third kappa shape index (κ3) is 6.61. The lowest BCUT2D eigenvalue weighted by molar-refractivity contribution is -0.122. The number of hydrogen-bond donors (Lipinski definition) is 1. The Labute approximate surface area is 147 Å². The van der Waals surface area contributed by atoms with E-state index in [1.807, 2.05) is 60.5 Å². The van der Waals surface area contributed by atoms with Gasteiger partial charge in [-0.25, -0.2) is 0 Å². The van der Waals surface area contributed by atoms with Crippen LogP contribution in [-0.2, 0) is 17.8 Å². The van der Waals surface area contributed by atoms with Crippen molar-refractivity contribution in [2.24, 2.45) is 0 Å². The van der Waals surface area contributed by atoms with Crippen LogP contribution in [0.25, 0.3) is 0 Å². The molecule has 0 aliphatic carbocycles. The van der Waals surface area contributed by atoms with E-state index < -0.39 is 0 Å². The summed E-state index contributed by atoms with van der Waals surface area (Å²) in [5, 5.41) is 4.37. The van der Waals surface area contributed by atoms with E-state index in [2.05, 4.69) is 5.32 Å². The standard InChI is InChI=1S/C18H20Cl2N2O/c1-22(12-15-3-2-4-17(20)11-15)13-18(23)21-10-9-14-5-7-16(19)8-6-14/h2-8,11H,9-10,12-13H2,1H3,(H,21,23). The van der Waals surface area contributed by atoms with E-state index in [-0.39, 0.29) is 5.91 Å². The average molecular weight is 351 g/mol. The van der Waals surface area contributed by atoms with Gasteiger partial charge in [0.1, 0.15) is 0 Å². The van der Waals surface area contributed by atoms with Crippen LogP contribution < -0.4 is 5.32 Å². The number of nitrogens with zero attached hydrogens (tertiary/aromatic N) is 1. The van der Waals surface area contributed by atoms with Crippen molar-refractivity contribution in [3.05, 3.63) is 69.7 Å². The van der Waals surface area contributed by atoms with Gasteiger partial charge in [-0.3, -0.25) is 9.69 Å². The number of hydrogen-bond acceptors (Lipinski definition) is 2. The van der Waals surface area contributed by atoms with Crippen molar-refractivity contribution in [1.82, 2.24) is 10.2 Å². The number of likely N-dealkylation sites (N-methyl/N-ethyl adjacent to an activating group) is 1. The zero-order valence-corrected chi connectivity index (χ0v) is 14.6. The molecule has 0 radical (unpaired) electrons. The molecule has 0 unspecified atom stereocenters. The molecule has 0 aliphatic heterocycles. The summed E-state index contributed by atoms with van der Waals surface area (Å²) in [6.07, 6.45) is 0.793. The molecular formula is C18H20Cl2N2O. The quantitative estimate of drug-likeness (QED) is 0.823. The fourth-order valence-electron chi connectivity index (χ4n) is 2.30. The first kappa shape index (κ1) is 17.8. The van der Waals surface area contributed by atoms with Crippen LogP contribution in [0.4, 0.5) is 0 Å². The molecule has 2 aromatic rings. The molecule has 1 amide bonds. The minimum Gasteiger partial charge on any atom is -0.355 e. The molecule has 23 heavy (non-hydrogen) atoms. The lowest BCUT2D eigenvalue weighted by atomic mass is 10.1. The summed E-state index contributed by atoms with van der Waals surface area (Å²) in [6.45, 7) is 1.66. The molecule has 0 saturated carbocycles. The van der Waals surface area contributed by atoms with Crippen molar-refractivity contribution in [1.29, 1.82) is 0 Å². The van der Waals surface area contributed by atoms with Gasteiger partial charge in [0.15, 0.2) is 0 Å². The van der Waals surface area contributed by atoms with Crippen LogP contribution in [0.5, 0.6) is 0 Å². The Morgan fingerprint density at radius 1 is 1.04 bits per heavy atom. The highest BCUT2D eigenvalue weighted by Crippen LogP contribution is 2.12. The van der Waals surface area contributed by atoms with Crippen molar-refractivity contribution in [3.63, 3.8) is 0 Å². The molecule has 0 spiro atoms. The van der Waals surface area contributed by atoms with Gasteiger partial charge < -0.3 is 5.32 Å². The largest absolute Gasteiger partial charge is 0.355 e. The number of halogens is 2. The zero-order valence-electron chi connectivity index (χ0n) is 13.1. The predicted molar refractivity (Wildman–Crippen MR) is 96.0 cm³/mol. The van der Waals surface area contributed by atoms with Crippen LogP contribution in [0.1, 0.15) is 11.1 Å². The Morgan fingerprint density at radius 3 is 2.48 bits per heavy atom. The van der Waals surface area contributed by atoms with Gasteiger partial charge in [-0.15, -0.1) is 0 Å². The van der Waals surface area contributed by atoms with Crippen LogP contribution in [-0.4, -0.2) is 30.9 Å². The molecule has 3 nitrogen and oxygen atoms in total. The summed E-state index contributed by atoms with van der Waals surface area (Å²) in [7, 11) is 1.92. The summed E-state index contributed by atoms with van der Waals surface area (Å²) < 4.78 is 0. The normalized spacial score (nSPS) is 10.8. The number of rotatable bonds is 7. The van der Waals surface area contributed by atoms with Gasteiger partial charge in [0, 0.05) is 23.1 Å². The van der Waals surface area contributed by atoms with Crippen molar-refractivity contribution in [2.75, 3.05) is 20.1 Å². The number of amides is 1. The highest BCUT2D eigenvalue weighted by atomic mass is 35.5. The maximum absolute atomic E-state index is 12.0. The summed E-state index contributed by atoms with van der Waals surface area (Å²) in [6, 6.07) is 15.3. The van der Waals surface area contributed by atoms with Crippen LogP contribution in [0, 0.1) is 0 Å². The van der Waals surface area contributed by atoms with E-state index in [1.54, 1.807) is 0 Å². The third-order valence-corrected chi connectivity index (χ3v) is 3.89. The first-order chi connectivity index (χ1) is 11.0. The minimum absolute atomic E-state index is 0.0171. The van der Waals surface area contributed by atoms with Crippen molar-refractivity contribution in [3.8, 4) is 0 Å². The second kappa shape index (κ2) is 8.92. The monoisotopic (exact) mass is 350 g/mol. The minimum atomic E-state index is 0.0171. The van der Waals surface area contributed by atoms with E-state index in [9.17, 15) is 4.79 Å². The lowest BCUT2D eigenvalue weighted by Gasteiger charge is -2.16. The van der Waals surface area contributed by atoms with E-state index >= 15 is 0 Å². The van der Waals surface area contributed by atoms with E-state index in [1.165, 1.54) is 0 Å². The number of benzene rings is 2. The van der Waals surface area contributed by atoms with Gasteiger partial charge in [0.05, 0.1) is 6.54 Å². The molecule has 122 valence electrons. The number of nitrogens with one attached hydrogen (secondary N) is 1. The van der Waals surface area contributed by atoms with Crippen molar-refractivity contribution in [2.45, 2.75) is 13.0 Å². The highest BCUT2D eigenvalue weighted by molar-refractivity contribution is 6.30. The maximum atomic E-state index is 12.0. The van der Waals surface area contributed by atoms with Crippen molar-refractivity contribution < 1.29 is 4.79 Å². The predicted octanol–water partition coefficient (Wildman–Crippen LogP) is 3.78. The summed E-state index contributed by atoms with van der Waals surface area (Å²) >= 11 is 11.8. The van der Waals surface area contributed by atoms with Gasteiger partial charge in [-0.1, -0.05) is 47.5 Å². The molecule has 0 atom stereocenters. The van der Waals surface area contributed by atoms with Crippen LogP contribution >= 0.6 is 23.2 Å². The maximum Gasteiger partial charge on any atom is 0.234 e. The Balaban J connectivity index is 1.70. The average Bonchev–Trinajstić information content (AvgIpc) is 2.49. The Morgan fingerprint density at radius 2 is 1.78 bits per heavy atom. The van der Waals surface area contributed by atoms with Crippen molar-refractivity contribution >= 4 is 29.1 Å². The molecule has 2 aromatic carbocycles. The molecule has 2 rings (SSSR count). The molecule has 0 aliphatic rings. The lowest BCUT2D eigenvalue weighted by Crippen LogP contribution is -2.35. The summed E-state index contributed by atoms with van der Waals surface area (Å²) in [5.41, 5.74) is 2.25. The molecule has 5 heteroatoms. The highest BCUT2D eigenvalue weighted by Gasteiger charge is 2.07. The molecule has 1 N–H and O–H groups in total. The molecular weight excluding hydrogens is 331 g/mol. The summed E-state index contributed by atoms with van der Waals surface area (Å²) in [4.78, 5) is 13.9. The Hall–Kier alpha value is -1.55. The third-order valence-electron chi connectivity index (χ3n) is 3.40. The smallest absolute Gasteiger partial charge is 0.234 e. The molecule has 0 aromatic heterocycles. The van der Waals surface area contributed by atoms with E-state index in [0.29, 0.717) is 24.7 Å². The summed E-state index contributed by atoms with van der Waals surface area (Å²) in [5.74, 6) is 0.0171. The van der Waals surface area contributed by atoms with Crippen LogP contribution in [0.15, 0.2) is 48.5 Å². The second-order valence-corrected chi connectivity index (χ2v) is 6.40. The van der Waals surface area contributed by atoms with Gasteiger partial charge in [0.2, 0.25) is 5.91 Å². The fraction of sp³-hybridized carbons (Fsp3) is 0.278. The van der Waals surface area contributed by atoms with Gasteiger partial charge in [0.25, 0.3) is 0 Å². The van der Waals surface area contributed by atoms with E-state index in [0.717, 1.165) is 22.6 Å². The van der Waals surface area contributed by atoms with E-state index in [4.69, 9.17) is 23.2 Å². The zero-order chi connectivity index (χ0) is 16.7. The fourth-order valence-corrected chi connectivity index (χ4v) is 2.64. The second-order valence-electron chi connectivity index (χ2n) is 5.53. The van der Waals surface area contributed by atoms with Gasteiger partial charge in [-0.2, -0.15) is 0 Å². The molecule has 0 bridgehead atoms. The number of carbonyl (C=O) groups is 1. The molecule has 0 heterocycles. The number of carbonyl (C=O) groups excluding carboxylic acids is 1. The first-order valence-corrected chi connectivity index (χ1v) is 8.22. The van der Waals surface area contributed by atoms with Crippen LogP contribution in [0.2, 0.25) is 10.0 Å². The SMILES string of the molecule is CN(CC(=O)NCCc1ccc(Cl)cc1)Cc1cccc(Cl)c1. The Kier molecular flexibility index (Phi) is 6.90. The first-order valence-electron chi connectivity index (χ1n) is 7.47. The van der Waals surface area contributed by atoms with Gasteiger partial charge in [-0.05, 0) is 48.9 Å². The van der Waals surface area contributed by atoms with Crippen LogP contribution in [0.3, 0.4) is 0 Å². The molecule has 0 saturated heterocycles. The molecule has 0 fully saturated rings. The van der Waals surface area contributed by atoms with Gasteiger partial charge >= 0.3 is 0 Å².